The number of benzene rings is 1. The molecule has 1 aromatic rings. The first kappa shape index (κ1) is 11.9. The number of likely N-dealkylation sites (N-methyl/N-ethyl adjacent to an activating group) is 1. The fourth-order valence-electron chi connectivity index (χ4n) is 1.89. The maximum atomic E-state index is 13.0. The van der Waals surface area contributed by atoms with Crippen molar-refractivity contribution in [2.75, 3.05) is 6.54 Å². The summed E-state index contributed by atoms with van der Waals surface area (Å²) >= 11 is 6.07. The minimum Gasteiger partial charge on any atom is -0.342 e. The average molecular weight is 250 g/mol. The van der Waals surface area contributed by atoms with E-state index in [1.54, 1.807) is 6.07 Å². The van der Waals surface area contributed by atoms with Crippen LogP contribution in [0.2, 0.25) is 5.02 Å². The van der Waals surface area contributed by atoms with Crippen LogP contribution in [0.3, 0.4) is 0 Å². The topological polar surface area (TPSA) is 3.24 Å². The quantitative estimate of drug-likeness (QED) is 0.758. The second-order valence-corrected chi connectivity index (χ2v) is 4.18. The number of hydrogen-bond acceptors (Lipinski definition) is 1. The zero-order valence-corrected chi connectivity index (χ0v) is 10.3. The first-order chi connectivity index (χ1) is 8.13. The first-order valence-electron chi connectivity index (χ1n) is 5.43. The molecule has 0 aromatic heterocycles. The van der Waals surface area contributed by atoms with Crippen molar-refractivity contribution in [1.29, 1.82) is 0 Å². The Morgan fingerprint density at radius 3 is 2.82 bits per heavy atom. The van der Waals surface area contributed by atoms with Gasteiger partial charge in [-0.3, -0.25) is 0 Å². The van der Waals surface area contributed by atoms with Gasteiger partial charge in [0.1, 0.15) is 5.82 Å². The molecule has 0 unspecified atom stereocenters. The monoisotopic (exact) mass is 249 g/mol. The molecule has 1 heterocycles. The van der Waals surface area contributed by atoms with Crippen LogP contribution in [0.1, 0.15) is 12.5 Å². The molecule has 1 aromatic carbocycles. The number of nitrogens with zero attached hydrogens (tertiary/aromatic N) is 1. The van der Waals surface area contributed by atoms with E-state index in [4.69, 9.17) is 11.6 Å². The number of allylic oxidation sites excluding steroid dienone is 3. The Hall–Kier alpha value is -1.54. The lowest BCUT2D eigenvalue weighted by molar-refractivity contribution is 0.530. The Morgan fingerprint density at radius 1 is 1.41 bits per heavy atom. The summed E-state index contributed by atoms with van der Waals surface area (Å²) in [6.07, 6.45) is 5.81. The van der Waals surface area contributed by atoms with E-state index in [0.717, 1.165) is 23.5 Å². The molecule has 0 N–H and O–H groups in total. The van der Waals surface area contributed by atoms with Crippen molar-refractivity contribution in [1.82, 2.24) is 4.90 Å². The molecule has 0 atom stereocenters. The predicted molar refractivity (Wildman–Crippen MR) is 70.0 cm³/mol. The Labute approximate surface area is 106 Å². The highest BCUT2D eigenvalue weighted by molar-refractivity contribution is 6.32. The van der Waals surface area contributed by atoms with Crippen molar-refractivity contribution >= 4 is 17.3 Å². The molecule has 88 valence electrons. The zero-order chi connectivity index (χ0) is 12.4. The molecule has 1 nitrogen and oxygen atoms in total. The molecule has 1 aliphatic heterocycles. The Morgan fingerprint density at radius 2 is 2.18 bits per heavy atom. The van der Waals surface area contributed by atoms with Crippen LogP contribution in [-0.2, 0) is 0 Å². The van der Waals surface area contributed by atoms with Gasteiger partial charge in [-0.25, -0.2) is 4.39 Å². The normalized spacial score (nSPS) is 15.1. The molecular weight excluding hydrogens is 237 g/mol. The standard InChI is InChI=1S/C14H13ClFN/c1-3-17-10(2)5-4-6-14(17)12-8-7-11(16)9-13(12)15/h4-9H,2-3H2,1H3. The summed E-state index contributed by atoms with van der Waals surface area (Å²) in [5.41, 5.74) is 2.68. The van der Waals surface area contributed by atoms with Gasteiger partial charge >= 0.3 is 0 Å². The molecular formula is C14H13ClFN. The third-order valence-electron chi connectivity index (χ3n) is 2.70. The third kappa shape index (κ3) is 2.27. The molecule has 0 radical (unpaired) electrons. The summed E-state index contributed by atoms with van der Waals surface area (Å²) in [6.45, 7) is 6.80. The van der Waals surface area contributed by atoms with Gasteiger partial charge in [-0.15, -0.1) is 0 Å². The largest absolute Gasteiger partial charge is 0.342 e. The minimum absolute atomic E-state index is 0.326. The van der Waals surface area contributed by atoms with Crippen molar-refractivity contribution in [3.8, 4) is 0 Å². The van der Waals surface area contributed by atoms with Gasteiger partial charge in [0, 0.05) is 23.5 Å². The molecule has 1 aliphatic rings. The fraction of sp³-hybridized carbons (Fsp3) is 0.143. The highest BCUT2D eigenvalue weighted by atomic mass is 35.5. The van der Waals surface area contributed by atoms with E-state index < -0.39 is 0 Å². The smallest absolute Gasteiger partial charge is 0.124 e. The molecule has 0 spiro atoms. The molecule has 17 heavy (non-hydrogen) atoms. The SMILES string of the molecule is C=C1C=CC=C(c2ccc(F)cc2Cl)N1CC. The van der Waals surface area contributed by atoms with E-state index in [2.05, 4.69) is 6.58 Å². The highest BCUT2D eigenvalue weighted by Crippen LogP contribution is 2.31. The summed E-state index contributed by atoms with van der Waals surface area (Å²) in [5, 5.41) is 0.415. The van der Waals surface area contributed by atoms with Crippen LogP contribution >= 0.6 is 11.6 Å². The van der Waals surface area contributed by atoms with E-state index in [1.165, 1.54) is 12.1 Å². The summed E-state index contributed by atoms with van der Waals surface area (Å²) in [4.78, 5) is 2.04. The van der Waals surface area contributed by atoms with Crippen LogP contribution in [-0.4, -0.2) is 11.4 Å². The van der Waals surface area contributed by atoms with Crippen molar-refractivity contribution in [3.63, 3.8) is 0 Å². The van der Waals surface area contributed by atoms with Crippen LogP contribution in [0.25, 0.3) is 5.70 Å². The van der Waals surface area contributed by atoms with Gasteiger partial charge in [0.15, 0.2) is 0 Å². The van der Waals surface area contributed by atoms with Crippen molar-refractivity contribution in [3.05, 3.63) is 65.1 Å². The van der Waals surface area contributed by atoms with E-state index in [9.17, 15) is 4.39 Å². The lowest BCUT2D eigenvalue weighted by atomic mass is 10.1. The number of hydrogen-bond donors (Lipinski definition) is 0. The van der Waals surface area contributed by atoms with Gasteiger partial charge in [0.05, 0.1) is 5.02 Å². The summed E-state index contributed by atoms with van der Waals surface area (Å²) in [5.74, 6) is -0.326. The first-order valence-corrected chi connectivity index (χ1v) is 5.81. The second kappa shape index (κ2) is 4.76. The molecule has 0 fully saturated rings. The molecule has 0 amide bonds. The highest BCUT2D eigenvalue weighted by Gasteiger charge is 2.16. The molecule has 0 saturated carbocycles. The van der Waals surface area contributed by atoms with Crippen LogP contribution in [0.15, 0.2) is 48.7 Å². The molecule has 0 saturated heterocycles. The van der Waals surface area contributed by atoms with Gasteiger partial charge in [-0.05, 0) is 37.3 Å². The average Bonchev–Trinajstić information content (AvgIpc) is 2.29. The predicted octanol–water partition coefficient (Wildman–Crippen LogP) is 4.23. The Balaban J connectivity index is 2.48. The summed E-state index contributed by atoms with van der Waals surface area (Å²) < 4.78 is 13.0. The van der Waals surface area contributed by atoms with Crippen LogP contribution < -0.4 is 0 Å². The van der Waals surface area contributed by atoms with Crippen LogP contribution in [0.4, 0.5) is 4.39 Å². The van der Waals surface area contributed by atoms with Gasteiger partial charge < -0.3 is 4.90 Å². The van der Waals surface area contributed by atoms with Crippen molar-refractivity contribution in [2.24, 2.45) is 0 Å². The van der Waals surface area contributed by atoms with Crippen molar-refractivity contribution < 1.29 is 4.39 Å². The van der Waals surface area contributed by atoms with E-state index in [-0.39, 0.29) is 5.82 Å². The maximum absolute atomic E-state index is 13.0. The Bertz CT molecular complexity index is 517. The maximum Gasteiger partial charge on any atom is 0.124 e. The molecule has 0 bridgehead atoms. The lowest BCUT2D eigenvalue weighted by Gasteiger charge is -2.29. The second-order valence-electron chi connectivity index (χ2n) is 3.77. The zero-order valence-electron chi connectivity index (χ0n) is 9.58. The molecule has 3 heteroatoms. The van der Waals surface area contributed by atoms with Gasteiger partial charge in [-0.2, -0.15) is 0 Å². The van der Waals surface area contributed by atoms with Crippen LogP contribution in [0, 0.1) is 5.82 Å². The van der Waals surface area contributed by atoms with E-state index in [1.807, 2.05) is 30.1 Å². The number of rotatable bonds is 2. The van der Waals surface area contributed by atoms with Gasteiger partial charge in [-0.1, -0.05) is 24.3 Å². The van der Waals surface area contributed by atoms with Crippen molar-refractivity contribution in [2.45, 2.75) is 6.92 Å². The minimum atomic E-state index is -0.326. The van der Waals surface area contributed by atoms with Crippen LogP contribution in [0.5, 0.6) is 0 Å². The summed E-state index contributed by atoms with van der Waals surface area (Å²) in [7, 11) is 0. The lowest BCUT2D eigenvalue weighted by Crippen LogP contribution is -2.21. The van der Waals surface area contributed by atoms with E-state index in [0.29, 0.717) is 5.02 Å². The van der Waals surface area contributed by atoms with Gasteiger partial charge in [0.25, 0.3) is 0 Å². The van der Waals surface area contributed by atoms with E-state index >= 15 is 0 Å². The summed E-state index contributed by atoms with van der Waals surface area (Å²) in [6, 6.07) is 4.43. The molecule has 0 aliphatic carbocycles. The molecule has 2 rings (SSSR count). The number of halogens is 2. The van der Waals surface area contributed by atoms with Gasteiger partial charge in [0.2, 0.25) is 0 Å². The Kier molecular flexibility index (Phi) is 3.34. The third-order valence-corrected chi connectivity index (χ3v) is 3.02. The fourth-order valence-corrected chi connectivity index (χ4v) is 2.15.